The molecule has 0 saturated heterocycles. The first kappa shape index (κ1) is 21.5. The van der Waals surface area contributed by atoms with E-state index < -0.39 is 0 Å². The summed E-state index contributed by atoms with van der Waals surface area (Å²) < 4.78 is 19.5. The minimum Gasteiger partial charge on any atom is -0.493 e. The fourth-order valence-electron chi connectivity index (χ4n) is 3.78. The average molecular weight is 433 g/mol. The molecule has 0 aliphatic carbocycles. The second-order valence-electron chi connectivity index (χ2n) is 7.48. The molecule has 6 nitrogen and oxygen atoms in total. The molecule has 0 aliphatic heterocycles. The summed E-state index contributed by atoms with van der Waals surface area (Å²) in [5.41, 5.74) is 4.16. The van der Waals surface area contributed by atoms with Crippen molar-refractivity contribution in [3.05, 3.63) is 83.3 Å². The number of aliphatic hydroxyl groups excluding tert-OH is 1. The van der Waals surface area contributed by atoms with Crippen molar-refractivity contribution in [3.8, 4) is 16.9 Å². The maximum absolute atomic E-state index is 13.7. The predicted molar refractivity (Wildman–Crippen MR) is 121 cm³/mol. The molecule has 0 atom stereocenters. The average Bonchev–Trinajstić information content (AvgIpc) is 3.23. The summed E-state index contributed by atoms with van der Waals surface area (Å²) >= 11 is 0. The molecule has 7 heteroatoms. The minimum atomic E-state index is -0.331. The van der Waals surface area contributed by atoms with Crippen LogP contribution in [0, 0.1) is 5.82 Å². The normalized spacial score (nSPS) is 11.0. The van der Waals surface area contributed by atoms with E-state index in [1.54, 1.807) is 42.3 Å². The number of carbonyl (C=O) groups is 1. The number of halogens is 1. The molecule has 0 saturated carbocycles. The maximum Gasteiger partial charge on any atom is 0.254 e. The smallest absolute Gasteiger partial charge is 0.254 e. The number of hydrogen-bond donors (Lipinski definition) is 2. The van der Waals surface area contributed by atoms with Crippen LogP contribution in [0.4, 0.5) is 4.39 Å². The Labute approximate surface area is 185 Å². The molecule has 4 rings (SSSR count). The molecule has 3 aromatic carbocycles. The first-order chi connectivity index (χ1) is 15.5. The Morgan fingerprint density at radius 2 is 1.97 bits per heavy atom. The lowest BCUT2D eigenvalue weighted by molar-refractivity contribution is 0.0785. The third kappa shape index (κ3) is 4.20. The lowest BCUT2D eigenvalue weighted by atomic mass is 10.0. The number of amides is 1. The number of rotatable bonds is 7. The minimum absolute atomic E-state index is 0.157. The van der Waals surface area contributed by atoms with E-state index in [1.807, 2.05) is 25.1 Å². The second kappa shape index (κ2) is 9.20. The number of fused-ring (bicyclic) bond motifs is 1. The summed E-state index contributed by atoms with van der Waals surface area (Å²) in [5.74, 6) is 0.0263. The molecular formula is C25H24FN3O3. The molecule has 0 fully saturated rings. The van der Waals surface area contributed by atoms with Crippen LogP contribution >= 0.6 is 0 Å². The van der Waals surface area contributed by atoms with E-state index in [1.165, 1.54) is 12.1 Å². The molecule has 4 aromatic rings. The molecular weight excluding hydrogens is 409 g/mol. The highest BCUT2D eigenvalue weighted by Crippen LogP contribution is 2.32. The zero-order valence-corrected chi connectivity index (χ0v) is 17.9. The summed E-state index contributed by atoms with van der Waals surface area (Å²) in [7, 11) is 1.73. The Kier molecular flexibility index (Phi) is 6.18. The largest absolute Gasteiger partial charge is 0.493 e. The molecule has 0 aliphatic rings. The van der Waals surface area contributed by atoms with Gasteiger partial charge in [-0.25, -0.2) is 4.39 Å². The third-order valence-electron chi connectivity index (χ3n) is 5.33. The summed E-state index contributed by atoms with van der Waals surface area (Å²) in [4.78, 5) is 14.8. The number of nitrogens with zero attached hydrogens (tertiary/aromatic N) is 2. The van der Waals surface area contributed by atoms with E-state index in [0.29, 0.717) is 35.7 Å². The Morgan fingerprint density at radius 3 is 2.72 bits per heavy atom. The van der Waals surface area contributed by atoms with Gasteiger partial charge in [-0.2, -0.15) is 5.10 Å². The zero-order valence-electron chi connectivity index (χ0n) is 17.9. The molecule has 0 bridgehead atoms. The first-order valence-corrected chi connectivity index (χ1v) is 10.4. The van der Waals surface area contributed by atoms with Gasteiger partial charge in [-0.3, -0.25) is 9.89 Å². The molecule has 2 N–H and O–H groups in total. The van der Waals surface area contributed by atoms with Gasteiger partial charge in [0.15, 0.2) is 0 Å². The van der Waals surface area contributed by atoms with E-state index in [0.717, 1.165) is 22.0 Å². The highest BCUT2D eigenvalue weighted by Gasteiger charge is 2.18. The van der Waals surface area contributed by atoms with Crippen molar-refractivity contribution >= 4 is 16.8 Å². The maximum atomic E-state index is 13.7. The summed E-state index contributed by atoms with van der Waals surface area (Å²) in [6.07, 6.45) is 0. The van der Waals surface area contributed by atoms with Crippen molar-refractivity contribution in [1.82, 2.24) is 15.1 Å². The van der Waals surface area contributed by atoms with Gasteiger partial charge >= 0.3 is 0 Å². The number of aliphatic hydroxyl groups is 1. The van der Waals surface area contributed by atoms with Crippen LogP contribution in [0.5, 0.6) is 5.75 Å². The standard InChI is InChI=1S/C25H24FN3O3/c1-3-32-23-13-17(10-11-20(23)16-6-4-8-19(26)12-16)25(31)29(2)14-18-7-5-9-21-22(15-30)27-28-24(18)21/h4-13,30H,3,14-15H2,1-2H3,(H,27,28). The van der Waals surface area contributed by atoms with Gasteiger partial charge in [-0.1, -0.05) is 30.3 Å². The fraction of sp³-hybridized carbons (Fsp3) is 0.200. The van der Waals surface area contributed by atoms with Gasteiger partial charge in [0.2, 0.25) is 0 Å². The fourth-order valence-corrected chi connectivity index (χ4v) is 3.78. The highest BCUT2D eigenvalue weighted by molar-refractivity contribution is 5.96. The zero-order chi connectivity index (χ0) is 22.7. The number of ether oxygens (including phenoxy) is 1. The SMILES string of the molecule is CCOc1cc(C(=O)N(C)Cc2cccc3c(CO)n[nH]c23)ccc1-c1cccc(F)c1. The number of carbonyl (C=O) groups excluding carboxylic acids is 1. The van der Waals surface area contributed by atoms with Gasteiger partial charge in [-0.15, -0.1) is 0 Å². The quantitative estimate of drug-likeness (QED) is 0.449. The van der Waals surface area contributed by atoms with Crippen molar-refractivity contribution in [3.63, 3.8) is 0 Å². The monoisotopic (exact) mass is 433 g/mol. The van der Waals surface area contributed by atoms with Crippen LogP contribution in [0.2, 0.25) is 0 Å². The lowest BCUT2D eigenvalue weighted by Crippen LogP contribution is -2.26. The van der Waals surface area contributed by atoms with E-state index >= 15 is 0 Å². The molecule has 1 amide bonds. The van der Waals surface area contributed by atoms with Crippen molar-refractivity contribution in [2.75, 3.05) is 13.7 Å². The van der Waals surface area contributed by atoms with Crippen LogP contribution in [0.3, 0.4) is 0 Å². The topological polar surface area (TPSA) is 78.4 Å². The van der Waals surface area contributed by atoms with Crippen LogP contribution < -0.4 is 4.74 Å². The molecule has 0 unspecified atom stereocenters. The summed E-state index contributed by atoms with van der Waals surface area (Å²) in [6.45, 7) is 2.49. The van der Waals surface area contributed by atoms with Crippen LogP contribution in [0.25, 0.3) is 22.0 Å². The van der Waals surface area contributed by atoms with Gasteiger partial charge in [0.25, 0.3) is 5.91 Å². The van der Waals surface area contributed by atoms with Gasteiger partial charge in [0.1, 0.15) is 11.6 Å². The number of aromatic nitrogens is 2. The lowest BCUT2D eigenvalue weighted by Gasteiger charge is -2.19. The van der Waals surface area contributed by atoms with Crippen molar-refractivity contribution in [2.24, 2.45) is 0 Å². The molecule has 1 aromatic heterocycles. The number of benzene rings is 3. The van der Waals surface area contributed by atoms with E-state index in [9.17, 15) is 14.3 Å². The number of hydrogen-bond acceptors (Lipinski definition) is 4. The number of nitrogens with one attached hydrogen (secondary N) is 1. The van der Waals surface area contributed by atoms with E-state index in [4.69, 9.17) is 4.74 Å². The van der Waals surface area contributed by atoms with Gasteiger partial charge < -0.3 is 14.7 Å². The second-order valence-corrected chi connectivity index (χ2v) is 7.48. The van der Waals surface area contributed by atoms with E-state index in [-0.39, 0.29) is 18.3 Å². The van der Waals surface area contributed by atoms with Crippen LogP contribution in [-0.2, 0) is 13.2 Å². The molecule has 1 heterocycles. The molecule has 32 heavy (non-hydrogen) atoms. The molecule has 0 radical (unpaired) electrons. The van der Waals surface area contributed by atoms with Crippen LogP contribution in [0.1, 0.15) is 28.5 Å². The Hall–Kier alpha value is -3.71. The molecule has 0 spiro atoms. The van der Waals surface area contributed by atoms with Crippen LogP contribution in [-0.4, -0.2) is 39.8 Å². The van der Waals surface area contributed by atoms with Crippen molar-refractivity contribution in [1.29, 1.82) is 0 Å². The van der Waals surface area contributed by atoms with Gasteiger partial charge in [0, 0.05) is 30.1 Å². The van der Waals surface area contributed by atoms with E-state index in [2.05, 4.69) is 10.2 Å². The molecule has 164 valence electrons. The number of aromatic amines is 1. The summed E-state index contributed by atoms with van der Waals surface area (Å²) in [5, 5.41) is 17.4. The van der Waals surface area contributed by atoms with Gasteiger partial charge in [0.05, 0.1) is 24.4 Å². The number of para-hydroxylation sites is 1. The third-order valence-corrected chi connectivity index (χ3v) is 5.33. The summed E-state index contributed by atoms with van der Waals surface area (Å²) in [6, 6.07) is 17.2. The van der Waals surface area contributed by atoms with Crippen molar-refractivity contribution in [2.45, 2.75) is 20.1 Å². The van der Waals surface area contributed by atoms with Gasteiger partial charge in [-0.05, 0) is 48.4 Å². The Bertz CT molecular complexity index is 1270. The Morgan fingerprint density at radius 1 is 1.16 bits per heavy atom. The predicted octanol–water partition coefficient (Wildman–Crippen LogP) is 4.53. The highest BCUT2D eigenvalue weighted by atomic mass is 19.1. The number of H-pyrrole nitrogens is 1. The Balaban J connectivity index is 1.61. The first-order valence-electron chi connectivity index (χ1n) is 10.4. The van der Waals surface area contributed by atoms with Crippen molar-refractivity contribution < 1.29 is 19.0 Å². The van der Waals surface area contributed by atoms with Crippen LogP contribution in [0.15, 0.2) is 60.7 Å².